The van der Waals surface area contributed by atoms with E-state index in [4.69, 9.17) is 11.6 Å². The van der Waals surface area contributed by atoms with Crippen molar-refractivity contribution in [3.8, 4) is 0 Å². The van der Waals surface area contributed by atoms with Crippen molar-refractivity contribution >= 4 is 22.9 Å². The van der Waals surface area contributed by atoms with Gasteiger partial charge in [0.2, 0.25) is 0 Å². The van der Waals surface area contributed by atoms with Crippen molar-refractivity contribution in [2.75, 3.05) is 0 Å². The Morgan fingerprint density at radius 3 is 2.88 bits per heavy atom. The van der Waals surface area contributed by atoms with Crippen LogP contribution in [0.5, 0.6) is 0 Å². The Morgan fingerprint density at radius 1 is 1.35 bits per heavy atom. The second-order valence-electron chi connectivity index (χ2n) is 4.03. The first-order valence-electron chi connectivity index (χ1n) is 5.79. The summed E-state index contributed by atoms with van der Waals surface area (Å²) in [6.45, 7) is 3.10. The molecule has 0 aliphatic carbocycles. The minimum absolute atomic E-state index is 0.369. The molecule has 0 fully saturated rings. The fourth-order valence-corrected chi connectivity index (χ4v) is 2.72. The van der Waals surface area contributed by atoms with Gasteiger partial charge in [0.1, 0.15) is 0 Å². The lowest BCUT2D eigenvalue weighted by molar-refractivity contribution is 0.519. The van der Waals surface area contributed by atoms with E-state index in [-0.39, 0.29) is 0 Å². The van der Waals surface area contributed by atoms with Crippen LogP contribution in [0.1, 0.15) is 30.5 Å². The highest BCUT2D eigenvalue weighted by atomic mass is 35.5. The van der Waals surface area contributed by atoms with Gasteiger partial charge in [0.25, 0.3) is 0 Å². The van der Waals surface area contributed by atoms with Gasteiger partial charge in [0, 0.05) is 17.6 Å². The molecule has 1 heterocycles. The summed E-state index contributed by atoms with van der Waals surface area (Å²) in [4.78, 5) is 0. The predicted octanol–water partition coefficient (Wildman–Crippen LogP) is 4.64. The molecule has 0 saturated carbocycles. The van der Waals surface area contributed by atoms with Crippen molar-refractivity contribution in [1.29, 1.82) is 0 Å². The van der Waals surface area contributed by atoms with Crippen LogP contribution in [0.25, 0.3) is 0 Å². The number of thiophene rings is 1. The monoisotopic (exact) mass is 265 g/mol. The Morgan fingerprint density at radius 2 is 2.24 bits per heavy atom. The molecular weight excluding hydrogens is 250 g/mol. The number of nitrogens with one attached hydrogen (secondary N) is 1. The lowest BCUT2D eigenvalue weighted by atomic mass is 10.0. The molecule has 1 aromatic heterocycles. The van der Waals surface area contributed by atoms with Crippen molar-refractivity contribution < 1.29 is 0 Å². The fourth-order valence-electron chi connectivity index (χ4n) is 1.86. The van der Waals surface area contributed by atoms with Gasteiger partial charge in [-0.25, -0.2) is 0 Å². The molecule has 0 radical (unpaired) electrons. The zero-order valence-corrected chi connectivity index (χ0v) is 11.4. The Hall–Kier alpha value is -0.830. The van der Waals surface area contributed by atoms with Crippen molar-refractivity contribution in [3.63, 3.8) is 0 Å². The fraction of sp³-hybridized carbons (Fsp3) is 0.286. The van der Waals surface area contributed by atoms with Gasteiger partial charge in [-0.1, -0.05) is 30.7 Å². The molecule has 1 aromatic carbocycles. The summed E-state index contributed by atoms with van der Waals surface area (Å²) >= 11 is 7.76. The molecule has 1 unspecified atom stereocenters. The average molecular weight is 266 g/mol. The van der Waals surface area contributed by atoms with E-state index >= 15 is 0 Å². The molecule has 0 spiro atoms. The number of hydrogen-bond acceptors (Lipinski definition) is 2. The molecule has 0 saturated heterocycles. The number of rotatable bonds is 5. The van der Waals surface area contributed by atoms with E-state index in [1.165, 1.54) is 11.1 Å². The zero-order valence-electron chi connectivity index (χ0n) is 9.82. The smallest absolute Gasteiger partial charge is 0.0409 e. The van der Waals surface area contributed by atoms with Crippen molar-refractivity contribution in [1.82, 2.24) is 5.32 Å². The average Bonchev–Trinajstić information content (AvgIpc) is 2.83. The third-order valence-electron chi connectivity index (χ3n) is 2.79. The van der Waals surface area contributed by atoms with E-state index in [9.17, 15) is 0 Å². The highest BCUT2D eigenvalue weighted by Crippen LogP contribution is 2.21. The van der Waals surface area contributed by atoms with Gasteiger partial charge < -0.3 is 5.32 Å². The maximum atomic E-state index is 6.02. The molecule has 90 valence electrons. The van der Waals surface area contributed by atoms with Gasteiger partial charge in [-0.05, 0) is 46.5 Å². The molecular formula is C14H16ClNS. The Labute approximate surface area is 111 Å². The summed E-state index contributed by atoms with van der Waals surface area (Å²) in [6, 6.07) is 10.6. The van der Waals surface area contributed by atoms with Crippen LogP contribution in [0.4, 0.5) is 0 Å². The van der Waals surface area contributed by atoms with Gasteiger partial charge in [-0.3, -0.25) is 0 Å². The minimum Gasteiger partial charge on any atom is -0.306 e. The first kappa shape index (κ1) is 12.6. The molecule has 0 bridgehead atoms. The summed E-state index contributed by atoms with van der Waals surface area (Å²) in [5, 5.41) is 8.65. The van der Waals surface area contributed by atoms with E-state index in [1.54, 1.807) is 11.3 Å². The van der Waals surface area contributed by atoms with Crippen LogP contribution < -0.4 is 5.32 Å². The summed E-state index contributed by atoms with van der Waals surface area (Å²) in [5.74, 6) is 0. The maximum absolute atomic E-state index is 6.02. The van der Waals surface area contributed by atoms with Gasteiger partial charge in [-0.15, -0.1) is 0 Å². The zero-order chi connectivity index (χ0) is 12.1. The van der Waals surface area contributed by atoms with Crippen molar-refractivity contribution in [2.24, 2.45) is 0 Å². The third-order valence-corrected chi connectivity index (χ3v) is 3.76. The SMILES string of the molecule is CCC(NCc1ccsc1)c1cccc(Cl)c1. The second-order valence-corrected chi connectivity index (χ2v) is 5.24. The molecule has 2 aromatic rings. The first-order valence-corrected chi connectivity index (χ1v) is 7.11. The van der Waals surface area contributed by atoms with Crippen LogP contribution in [0.3, 0.4) is 0 Å². The summed E-state index contributed by atoms with van der Waals surface area (Å²) < 4.78 is 0. The number of hydrogen-bond donors (Lipinski definition) is 1. The predicted molar refractivity (Wildman–Crippen MR) is 75.6 cm³/mol. The molecule has 1 N–H and O–H groups in total. The third kappa shape index (κ3) is 3.56. The standard InChI is InChI=1S/C14H16ClNS/c1-2-14(12-4-3-5-13(15)8-12)16-9-11-6-7-17-10-11/h3-8,10,14,16H,2,9H2,1H3. The Balaban J connectivity index is 2.01. The molecule has 3 heteroatoms. The molecule has 1 atom stereocenters. The van der Waals surface area contributed by atoms with Crippen molar-refractivity contribution in [3.05, 3.63) is 57.2 Å². The molecule has 1 nitrogen and oxygen atoms in total. The molecule has 2 rings (SSSR count). The van der Waals surface area contributed by atoms with Crippen LogP contribution in [0, 0.1) is 0 Å². The van der Waals surface area contributed by atoms with Crippen LogP contribution in [0.2, 0.25) is 5.02 Å². The molecule has 0 aliphatic rings. The summed E-state index contributed by atoms with van der Waals surface area (Å²) in [6.07, 6.45) is 1.06. The van der Waals surface area contributed by atoms with Crippen LogP contribution in [0.15, 0.2) is 41.1 Å². The summed E-state index contributed by atoms with van der Waals surface area (Å²) in [5.41, 5.74) is 2.60. The second kappa shape index (κ2) is 6.20. The van der Waals surface area contributed by atoms with Gasteiger partial charge in [0.05, 0.1) is 0 Å². The highest BCUT2D eigenvalue weighted by Gasteiger charge is 2.08. The number of halogens is 1. The summed E-state index contributed by atoms with van der Waals surface area (Å²) in [7, 11) is 0. The first-order chi connectivity index (χ1) is 8.29. The minimum atomic E-state index is 0.369. The Bertz CT molecular complexity index is 453. The normalized spacial score (nSPS) is 12.6. The highest BCUT2D eigenvalue weighted by molar-refractivity contribution is 7.07. The Kier molecular flexibility index (Phi) is 4.60. The van der Waals surface area contributed by atoms with Crippen LogP contribution in [-0.2, 0) is 6.54 Å². The van der Waals surface area contributed by atoms with Crippen LogP contribution in [-0.4, -0.2) is 0 Å². The lowest BCUT2D eigenvalue weighted by Gasteiger charge is -2.17. The topological polar surface area (TPSA) is 12.0 Å². The molecule has 17 heavy (non-hydrogen) atoms. The van der Waals surface area contributed by atoms with Gasteiger partial charge in [-0.2, -0.15) is 11.3 Å². The number of benzene rings is 1. The van der Waals surface area contributed by atoms with E-state index in [0.717, 1.165) is 18.0 Å². The van der Waals surface area contributed by atoms with Gasteiger partial charge in [0.15, 0.2) is 0 Å². The van der Waals surface area contributed by atoms with E-state index in [1.807, 2.05) is 18.2 Å². The van der Waals surface area contributed by atoms with Crippen molar-refractivity contribution in [2.45, 2.75) is 25.9 Å². The quantitative estimate of drug-likeness (QED) is 0.830. The molecule has 0 amide bonds. The van der Waals surface area contributed by atoms with Crippen LogP contribution >= 0.6 is 22.9 Å². The van der Waals surface area contributed by atoms with E-state index in [0.29, 0.717) is 6.04 Å². The lowest BCUT2D eigenvalue weighted by Crippen LogP contribution is -2.19. The molecule has 0 aliphatic heterocycles. The van der Waals surface area contributed by atoms with E-state index < -0.39 is 0 Å². The van der Waals surface area contributed by atoms with E-state index in [2.05, 4.69) is 35.1 Å². The largest absolute Gasteiger partial charge is 0.306 e. The maximum Gasteiger partial charge on any atom is 0.0409 e. The van der Waals surface area contributed by atoms with Gasteiger partial charge >= 0.3 is 0 Å².